The quantitative estimate of drug-likeness (QED) is 0.237. The summed E-state index contributed by atoms with van der Waals surface area (Å²) in [4.78, 5) is 40.3. The molecule has 1 aromatic heterocycles. The van der Waals surface area contributed by atoms with Crippen LogP contribution in [0.4, 0.5) is 26.3 Å². The average Bonchev–Trinajstić information content (AvgIpc) is 2.71. The maximum absolute atomic E-state index is 11.5. The van der Waals surface area contributed by atoms with Gasteiger partial charge in [0, 0.05) is 12.6 Å². The molecule has 0 radical (unpaired) electrons. The smallest absolute Gasteiger partial charge is 0.430 e. The molecule has 0 spiro atoms. The van der Waals surface area contributed by atoms with E-state index in [1.54, 1.807) is 16.9 Å². The number of aryl methyl sites for hydroxylation is 1. The monoisotopic (exact) mass is 494 g/mol. The third-order valence-electron chi connectivity index (χ3n) is 3.07. The SMILES string of the molecule is CCNC(=O)c1cc[n+](CC[C@H]([NH3+])C(=O)OC)nc1.O=C([O-])C(F)(F)F.O=C([O-])C(F)(F)F. The lowest BCUT2D eigenvalue weighted by atomic mass is 10.2. The predicted molar refractivity (Wildman–Crippen MR) is 87.9 cm³/mol. The van der Waals surface area contributed by atoms with Crippen LogP contribution in [0, 0.1) is 0 Å². The van der Waals surface area contributed by atoms with Gasteiger partial charge in [-0.15, -0.1) is 0 Å². The highest BCUT2D eigenvalue weighted by atomic mass is 19.4. The van der Waals surface area contributed by atoms with Gasteiger partial charge < -0.3 is 35.6 Å². The number of hydrogen-bond donors (Lipinski definition) is 2. The molecule has 0 saturated carbocycles. The van der Waals surface area contributed by atoms with Crippen molar-refractivity contribution in [2.75, 3.05) is 13.7 Å². The minimum atomic E-state index is -5.19. The summed E-state index contributed by atoms with van der Waals surface area (Å²) in [6.07, 6.45) is -6.65. The topological polar surface area (TPSA) is 180 Å². The number of nitrogens with zero attached hydrogens (tertiary/aromatic N) is 2. The second-order valence-corrected chi connectivity index (χ2v) is 5.62. The van der Waals surface area contributed by atoms with Crippen LogP contribution >= 0.6 is 0 Å². The molecule has 0 fully saturated rings. The second-order valence-electron chi connectivity index (χ2n) is 5.62. The number of aromatic nitrogens is 2. The molecule has 188 valence electrons. The molecule has 0 aromatic carbocycles. The third kappa shape index (κ3) is 15.0. The minimum Gasteiger partial charge on any atom is -0.542 e. The van der Waals surface area contributed by atoms with Crippen LogP contribution < -0.4 is 25.9 Å². The summed E-state index contributed by atoms with van der Waals surface area (Å²) in [5, 5.41) is 24.4. The van der Waals surface area contributed by atoms with Gasteiger partial charge in [-0.2, -0.15) is 26.3 Å². The van der Waals surface area contributed by atoms with Crippen molar-refractivity contribution in [1.82, 2.24) is 10.4 Å². The number of quaternary nitrogens is 1. The zero-order chi connectivity index (χ0) is 26.4. The van der Waals surface area contributed by atoms with Gasteiger partial charge in [0.25, 0.3) is 5.91 Å². The molecule has 33 heavy (non-hydrogen) atoms. The van der Waals surface area contributed by atoms with E-state index in [0.29, 0.717) is 25.1 Å². The number of amides is 1. The van der Waals surface area contributed by atoms with Gasteiger partial charge in [-0.1, -0.05) is 4.68 Å². The number of methoxy groups -OCH3 is 1. The Labute approximate surface area is 182 Å². The van der Waals surface area contributed by atoms with Crippen molar-refractivity contribution in [3.63, 3.8) is 0 Å². The largest absolute Gasteiger partial charge is 0.542 e. The fourth-order valence-corrected chi connectivity index (χ4v) is 1.49. The summed E-state index contributed by atoms with van der Waals surface area (Å²) in [7, 11) is 1.34. The van der Waals surface area contributed by atoms with E-state index in [1.807, 2.05) is 6.92 Å². The van der Waals surface area contributed by atoms with Crippen LogP contribution in [0.25, 0.3) is 0 Å². The van der Waals surface area contributed by atoms with Gasteiger partial charge in [-0.3, -0.25) is 4.79 Å². The maximum atomic E-state index is 11.5. The number of aliphatic carboxylic acids is 2. The number of alkyl halides is 6. The number of carboxylic acid groups (broad SMARTS) is 2. The number of hydrogen-bond acceptors (Lipinski definition) is 8. The van der Waals surface area contributed by atoms with E-state index in [-0.39, 0.29) is 11.9 Å². The van der Waals surface area contributed by atoms with Crippen LogP contribution in [0.3, 0.4) is 0 Å². The standard InChI is InChI=1S/C12H18N4O3.2C2HF3O2/c1-3-14-11(17)9-4-6-16(15-8-9)7-5-10(13)12(18)19-2;2*3-2(4,5)1(6)7/h4,6,8,10H,3,5,7,13H2,1-2H3;2*(H,6,7)/t10-;;/m0../s1. The Morgan fingerprint density at radius 1 is 1.12 bits per heavy atom. The van der Waals surface area contributed by atoms with Crippen molar-refractivity contribution in [2.45, 2.75) is 38.3 Å². The highest BCUT2D eigenvalue weighted by molar-refractivity contribution is 5.93. The summed E-state index contributed by atoms with van der Waals surface area (Å²) < 4.78 is 69.3. The molecule has 1 heterocycles. The van der Waals surface area contributed by atoms with Gasteiger partial charge in [-0.25, -0.2) is 4.79 Å². The average molecular weight is 494 g/mol. The lowest BCUT2D eigenvalue weighted by Gasteiger charge is -2.03. The molecule has 17 heteroatoms. The van der Waals surface area contributed by atoms with Gasteiger partial charge in [0.05, 0.1) is 19.1 Å². The predicted octanol–water partition coefficient (Wildman–Crippen LogP) is -3.11. The summed E-state index contributed by atoms with van der Waals surface area (Å²) >= 11 is 0. The van der Waals surface area contributed by atoms with Gasteiger partial charge in [0.1, 0.15) is 18.1 Å². The van der Waals surface area contributed by atoms with Gasteiger partial charge in [-0.05, 0) is 12.0 Å². The number of carboxylic acids is 2. The lowest BCUT2D eigenvalue weighted by molar-refractivity contribution is -0.756. The number of nitrogens with one attached hydrogen (secondary N) is 1. The molecule has 0 aliphatic rings. The van der Waals surface area contributed by atoms with E-state index in [0.717, 1.165) is 0 Å². The molecule has 4 N–H and O–H groups in total. The second kappa shape index (κ2) is 14.5. The number of halogens is 6. The molecule has 0 aliphatic heterocycles. The van der Waals surface area contributed by atoms with Crippen LogP contribution in [-0.2, 0) is 25.7 Å². The van der Waals surface area contributed by atoms with Gasteiger partial charge >= 0.3 is 18.3 Å². The number of carbonyl (C=O) groups excluding carboxylic acids is 4. The van der Waals surface area contributed by atoms with Crippen molar-refractivity contribution >= 4 is 23.8 Å². The summed E-state index contributed by atoms with van der Waals surface area (Å²) in [6, 6.07) is 1.27. The first-order chi connectivity index (χ1) is 15.0. The Morgan fingerprint density at radius 2 is 1.58 bits per heavy atom. The van der Waals surface area contributed by atoms with Crippen LogP contribution in [0.1, 0.15) is 23.7 Å². The third-order valence-corrected chi connectivity index (χ3v) is 3.07. The van der Waals surface area contributed by atoms with E-state index in [9.17, 15) is 35.9 Å². The van der Waals surface area contributed by atoms with E-state index in [2.05, 4.69) is 20.9 Å². The number of ether oxygens (including phenoxy) is 1. The summed E-state index contributed by atoms with van der Waals surface area (Å²) in [5.74, 6) is -6.49. The van der Waals surface area contributed by atoms with Crippen molar-refractivity contribution in [1.29, 1.82) is 0 Å². The molecule has 1 amide bonds. The van der Waals surface area contributed by atoms with Crippen molar-refractivity contribution < 1.29 is 70.9 Å². The van der Waals surface area contributed by atoms with Crippen LogP contribution in [0.2, 0.25) is 0 Å². The molecule has 1 atom stereocenters. The van der Waals surface area contributed by atoms with Crippen molar-refractivity contribution in [3.8, 4) is 0 Å². The fourth-order valence-electron chi connectivity index (χ4n) is 1.49. The van der Waals surface area contributed by atoms with Crippen molar-refractivity contribution in [3.05, 3.63) is 24.0 Å². The Bertz CT molecular complexity index is 761. The molecule has 0 aliphatic carbocycles. The molecular formula is C16H20F6N4O7. The highest BCUT2D eigenvalue weighted by Crippen LogP contribution is 2.12. The number of rotatable bonds is 6. The maximum Gasteiger partial charge on any atom is 0.430 e. The van der Waals surface area contributed by atoms with Crippen molar-refractivity contribution in [2.24, 2.45) is 0 Å². The molecule has 0 bridgehead atoms. The first-order valence-corrected chi connectivity index (χ1v) is 8.58. The fraction of sp³-hybridized carbons (Fsp3) is 0.500. The van der Waals surface area contributed by atoms with Gasteiger partial charge in [0.15, 0.2) is 18.8 Å². The zero-order valence-corrected chi connectivity index (χ0v) is 17.2. The first kappa shape index (κ1) is 31.7. The van der Waals surface area contributed by atoms with E-state index >= 15 is 0 Å². The van der Waals surface area contributed by atoms with Gasteiger partial charge in [0.2, 0.25) is 0 Å². The Kier molecular flexibility index (Phi) is 14.0. The number of esters is 1. The minimum absolute atomic E-state index is 0.147. The lowest BCUT2D eigenvalue weighted by Crippen LogP contribution is -2.66. The highest BCUT2D eigenvalue weighted by Gasteiger charge is 2.29. The Hall–Kier alpha value is -3.50. The molecule has 1 aromatic rings. The van der Waals surface area contributed by atoms with Crippen LogP contribution in [0.5, 0.6) is 0 Å². The van der Waals surface area contributed by atoms with Crippen LogP contribution in [0.15, 0.2) is 18.5 Å². The molecular weight excluding hydrogens is 474 g/mol. The number of carbonyl (C=O) groups is 4. The molecule has 1 rings (SSSR count). The normalized spacial score (nSPS) is 11.5. The van der Waals surface area contributed by atoms with Crippen LogP contribution in [-0.4, -0.2) is 61.0 Å². The zero-order valence-electron chi connectivity index (χ0n) is 17.2. The first-order valence-electron chi connectivity index (χ1n) is 8.58. The molecule has 0 saturated heterocycles. The van der Waals surface area contributed by atoms with E-state index in [4.69, 9.17) is 19.8 Å². The summed E-state index contributed by atoms with van der Waals surface area (Å²) in [5.41, 5.74) is 4.23. The molecule has 11 nitrogen and oxygen atoms in total. The summed E-state index contributed by atoms with van der Waals surface area (Å²) in [6.45, 7) is 2.98. The Balaban J connectivity index is 0. The van der Waals surface area contributed by atoms with E-state index in [1.165, 1.54) is 13.3 Å². The van der Waals surface area contributed by atoms with E-state index < -0.39 is 30.3 Å². The molecule has 0 unspecified atom stereocenters. The Morgan fingerprint density at radius 3 is 1.88 bits per heavy atom.